The van der Waals surface area contributed by atoms with Crippen molar-refractivity contribution < 1.29 is 14.6 Å². The number of benzene rings is 3. The number of phenolic OH excluding ortho intramolecular Hbond substituents is 1. The molecule has 1 aliphatic heterocycles. The Labute approximate surface area is 213 Å². The van der Waals surface area contributed by atoms with Crippen molar-refractivity contribution in [1.82, 2.24) is 0 Å². The van der Waals surface area contributed by atoms with Crippen molar-refractivity contribution in [1.29, 1.82) is 0 Å². The number of phenols is 1. The summed E-state index contributed by atoms with van der Waals surface area (Å²) in [6.45, 7) is 4.02. The number of aromatic hydroxyl groups is 1. The zero-order valence-electron chi connectivity index (χ0n) is 18.1. The minimum absolute atomic E-state index is 0.0138. The number of aliphatic imine (C=N–C) groups is 1. The fraction of sp³-hybridized carbons (Fsp3) is 0.120. The second-order valence-electron chi connectivity index (χ2n) is 7.37. The molecule has 0 saturated carbocycles. The predicted octanol–water partition coefficient (Wildman–Crippen LogP) is 7.35. The lowest BCUT2D eigenvalue weighted by Gasteiger charge is -2.16. The van der Waals surface area contributed by atoms with Crippen molar-refractivity contribution in [3.8, 4) is 11.5 Å². The smallest absolute Gasteiger partial charge is 0.271 e. The highest BCUT2D eigenvalue weighted by Gasteiger charge is 2.35. The van der Waals surface area contributed by atoms with Crippen LogP contribution in [0.25, 0.3) is 6.08 Å². The third-order valence-corrected chi connectivity index (χ3v) is 8.28. The van der Waals surface area contributed by atoms with Crippen LogP contribution in [0.1, 0.15) is 16.7 Å². The molecule has 33 heavy (non-hydrogen) atoms. The van der Waals surface area contributed by atoms with Crippen molar-refractivity contribution >= 4 is 72.1 Å². The molecule has 1 N–H and O–H groups in total. The molecule has 168 valence electrons. The molecule has 0 aromatic heterocycles. The summed E-state index contributed by atoms with van der Waals surface area (Å²) >= 11 is 8.18. The molecule has 1 amide bonds. The van der Waals surface area contributed by atoms with E-state index in [-0.39, 0.29) is 11.7 Å². The molecule has 0 bridgehead atoms. The SMILES string of the molecule is COc1cc(C=C2SC(=Nc3c(C)cccc3C)N(c3ccccc3)C2=O)c(Br)c(Br)c1O. The Morgan fingerprint density at radius 2 is 1.70 bits per heavy atom. The summed E-state index contributed by atoms with van der Waals surface area (Å²) in [5, 5.41) is 10.8. The molecule has 0 atom stereocenters. The number of hydrogen-bond donors (Lipinski definition) is 1. The van der Waals surface area contributed by atoms with Gasteiger partial charge in [0.2, 0.25) is 0 Å². The number of aryl methyl sites for hydroxylation is 2. The second kappa shape index (κ2) is 9.75. The van der Waals surface area contributed by atoms with Gasteiger partial charge in [-0.2, -0.15) is 0 Å². The van der Waals surface area contributed by atoms with Gasteiger partial charge in [0.05, 0.1) is 27.9 Å². The van der Waals surface area contributed by atoms with E-state index in [0.29, 0.717) is 30.3 Å². The number of methoxy groups -OCH3 is 1. The van der Waals surface area contributed by atoms with Crippen LogP contribution in [-0.4, -0.2) is 23.3 Å². The number of amides is 1. The Morgan fingerprint density at radius 3 is 2.33 bits per heavy atom. The number of nitrogens with zero attached hydrogens (tertiary/aromatic N) is 2. The average molecular weight is 588 g/mol. The number of carbonyl (C=O) groups is 1. The fourth-order valence-corrected chi connectivity index (χ4v) is 5.26. The first-order valence-corrected chi connectivity index (χ1v) is 12.4. The van der Waals surface area contributed by atoms with Crippen LogP contribution in [0.2, 0.25) is 0 Å². The van der Waals surface area contributed by atoms with Crippen molar-refractivity contribution in [3.63, 3.8) is 0 Å². The molecule has 1 fully saturated rings. The topological polar surface area (TPSA) is 62.1 Å². The summed E-state index contributed by atoms with van der Waals surface area (Å²) in [5.74, 6) is 0.114. The third kappa shape index (κ3) is 4.60. The Hall–Kier alpha value is -2.55. The van der Waals surface area contributed by atoms with Gasteiger partial charge in [0.25, 0.3) is 5.91 Å². The summed E-state index contributed by atoms with van der Waals surface area (Å²) < 4.78 is 6.34. The van der Waals surface area contributed by atoms with Crippen LogP contribution in [0.15, 0.2) is 73.4 Å². The van der Waals surface area contributed by atoms with E-state index in [9.17, 15) is 9.90 Å². The van der Waals surface area contributed by atoms with Crippen molar-refractivity contribution in [2.24, 2.45) is 4.99 Å². The zero-order valence-corrected chi connectivity index (χ0v) is 22.1. The molecule has 1 heterocycles. The van der Waals surface area contributed by atoms with Crippen molar-refractivity contribution in [2.45, 2.75) is 13.8 Å². The van der Waals surface area contributed by atoms with Gasteiger partial charge in [-0.3, -0.25) is 9.69 Å². The summed E-state index contributed by atoms with van der Waals surface area (Å²) in [5.41, 5.74) is 4.36. The van der Waals surface area contributed by atoms with Crippen molar-refractivity contribution in [3.05, 3.63) is 85.1 Å². The van der Waals surface area contributed by atoms with Crippen molar-refractivity contribution in [2.75, 3.05) is 12.0 Å². The van der Waals surface area contributed by atoms with Crippen LogP contribution in [-0.2, 0) is 4.79 Å². The monoisotopic (exact) mass is 586 g/mol. The molecule has 3 aromatic carbocycles. The number of amidine groups is 1. The van der Waals surface area contributed by atoms with Crippen LogP contribution in [0.4, 0.5) is 11.4 Å². The highest BCUT2D eigenvalue weighted by Crippen LogP contribution is 2.44. The second-order valence-corrected chi connectivity index (χ2v) is 9.96. The molecule has 0 spiro atoms. The number of anilines is 1. The van der Waals surface area contributed by atoms with Gasteiger partial charge < -0.3 is 9.84 Å². The Balaban J connectivity index is 1.86. The first-order valence-electron chi connectivity index (χ1n) is 10.0. The van der Waals surface area contributed by atoms with Gasteiger partial charge in [-0.1, -0.05) is 36.4 Å². The lowest BCUT2D eigenvalue weighted by Crippen LogP contribution is -2.28. The lowest BCUT2D eigenvalue weighted by atomic mass is 10.1. The van der Waals surface area contributed by atoms with E-state index < -0.39 is 0 Å². The first-order chi connectivity index (χ1) is 15.8. The molecule has 0 unspecified atom stereocenters. The van der Waals surface area contributed by atoms with Crippen LogP contribution >= 0.6 is 43.6 Å². The lowest BCUT2D eigenvalue weighted by molar-refractivity contribution is -0.113. The number of hydrogen-bond acceptors (Lipinski definition) is 5. The van der Waals surface area contributed by atoms with Gasteiger partial charge in [-0.15, -0.1) is 0 Å². The van der Waals surface area contributed by atoms with E-state index in [1.807, 2.05) is 62.4 Å². The molecule has 0 radical (unpaired) electrons. The standard InChI is InChI=1S/C25H20Br2N2O3S/c1-14-8-7-9-15(2)22(14)28-25-29(17-10-5-4-6-11-17)24(31)19(33-25)13-16-12-18(32-3)23(30)21(27)20(16)26/h4-13,30H,1-3H3. The first kappa shape index (κ1) is 23.6. The highest BCUT2D eigenvalue weighted by molar-refractivity contribution is 9.13. The molecular weight excluding hydrogens is 568 g/mol. The summed E-state index contributed by atoms with van der Waals surface area (Å²) in [4.78, 5) is 20.6. The Bertz CT molecular complexity index is 1290. The van der Waals surface area contributed by atoms with E-state index in [2.05, 4.69) is 31.9 Å². The normalized spacial score (nSPS) is 16.2. The van der Waals surface area contributed by atoms with Gasteiger partial charge in [-0.25, -0.2) is 4.99 Å². The maximum atomic E-state index is 13.5. The minimum atomic E-state index is -0.175. The minimum Gasteiger partial charge on any atom is -0.503 e. The summed E-state index contributed by atoms with van der Waals surface area (Å²) in [6, 6.07) is 17.2. The van der Waals surface area contributed by atoms with E-state index in [1.165, 1.54) is 18.9 Å². The Kier molecular flexibility index (Phi) is 6.97. The molecule has 0 aliphatic carbocycles. The number of ether oxygens (including phenoxy) is 1. The van der Waals surface area contributed by atoms with Gasteiger partial charge in [0, 0.05) is 4.47 Å². The molecular formula is C25H20Br2N2O3S. The van der Waals surface area contributed by atoms with Crippen LogP contribution in [0.5, 0.6) is 11.5 Å². The maximum absolute atomic E-state index is 13.5. The van der Waals surface area contributed by atoms with Gasteiger partial charge in [0.1, 0.15) is 0 Å². The summed E-state index contributed by atoms with van der Waals surface area (Å²) in [6.07, 6.45) is 1.77. The van der Waals surface area contributed by atoms with Crippen LogP contribution < -0.4 is 9.64 Å². The average Bonchev–Trinajstić information content (AvgIpc) is 3.11. The number of halogens is 2. The maximum Gasteiger partial charge on any atom is 0.271 e. The van der Waals surface area contributed by atoms with E-state index in [1.54, 1.807) is 17.0 Å². The van der Waals surface area contributed by atoms with E-state index >= 15 is 0 Å². The Morgan fingerprint density at radius 1 is 1.03 bits per heavy atom. The molecule has 1 saturated heterocycles. The molecule has 8 heteroatoms. The van der Waals surface area contributed by atoms with Gasteiger partial charge in [0.15, 0.2) is 16.7 Å². The highest BCUT2D eigenvalue weighted by atomic mass is 79.9. The van der Waals surface area contributed by atoms with Gasteiger partial charge >= 0.3 is 0 Å². The zero-order chi connectivity index (χ0) is 23.7. The van der Waals surface area contributed by atoms with Gasteiger partial charge in [-0.05, 0) is 98.4 Å². The molecule has 5 nitrogen and oxygen atoms in total. The number of carbonyl (C=O) groups excluding carboxylic acids is 1. The third-order valence-electron chi connectivity index (χ3n) is 5.15. The van der Waals surface area contributed by atoms with E-state index in [0.717, 1.165) is 22.5 Å². The number of para-hydroxylation sites is 2. The van der Waals surface area contributed by atoms with Crippen LogP contribution in [0, 0.1) is 13.8 Å². The fourth-order valence-electron chi connectivity index (χ4n) is 3.44. The van der Waals surface area contributed by atoms with Crippen LogP contribution in [0.3, 0.4) is 0 Å². The number of thioether (sulfide) groups is 1. The summed E-state index contributed by atoms with van der Waals surface area (Å²) in [7, 11) is 1.48. The molecule has 4 rings (SSSR count). The molecule has 3 aromatic rings. The number of rotatable bonds is 4. The molecule has 1 aliphatic rings. The predicted molar refractivity (Wildman–Crippen MR) is 143 cm³/mol. The largest absolute Gasteiger partial charge is 0.503 e. The van der Waals surface area contributed by atoms with E-state index in [4.69, 9.17) is 9.73 Å². The quantitative estimate of drug-likeness (QED) is 0.324.